The van der Waals surface area contributed by atoms with Gasteiger partial charge in [-0.2, -0.15) is 0 Å². The monoisotopic (exact) mass is 294 g/mol. The van der Waals surface area contributed by atoms with Crippen molar-refractivity contribution in [2.45, 2.75) is 32.4 Å². The van der Waals surface area contributed by atoms with Crippen LogP contribution in [0.15, 0.2) is 24.3 Å². The molecule has 0 bridgehead atoms. The molecule has 0 radical (unpaired) electrons. The first-order valence-corrected chi connectivity index (χ1v) is 6.81. The molecule has 1 atom stereocenters. The van der Waals surface area contributed by atoms with E-state index in [0.717, 1.165) is 17.7 Å². The van der Waals surface area contributed by atoms with Crippen molar-refractivity contribution in [3.05, 3.63) is 29.8 Å². The van der Waals surface area contributed by atoms with Gasteiger partial charge in [0.05, 0.1) is 0 Å². The number of nitrogens with two attached hydrogens (primary N) is 1. The number of hydrazine groups is 1. The Kier molecular flexibility index (Phi) is 7.03. The Morgan fingerprint density at radius 3 is 2.48 bits per heavy atom. The molecule has 0 aliphatic heterocycles. The minimum absolute atomic E-state index is 0.138. The van der Waals surface area contributed by atoms with Gasteiger partial charge in [0.2, 0.25) is 0 Å². The highest BCUT2D eigenvalue weighted by atomic mass is 16.5. The Morgan fingerprint density at radius 1 is 1.29 bits per heavy atom. The van der Waals surface area contributed by atoms with Gasteiger partial charge in [0.15, 0.2) is 0 Å². The average Bonchev–Trinajstić information content (AvgIpc) is 2.52. The molecular weight excluding hydrogens is 272 g/mol. The second-order valence-electron chi connectivity index (χ2n) is 4.52. The molecule has 116 valence electrons. The van der Waals surface area contributed by atoms with Crippen molar-refractivity contribution in [3.63, 3.8) is 0 Å². The Labute approximate surface area is 124 Å². The van der Waals surface area contributed by atoms with Crippen LogP contribution in [0.1, 0.15) is 25.3 Å². The van der Waals surface area contributed by atoms with E-state index < -0.39 is 18.0 Å². The topological polar surface area (TPSA) is 105 Å². The number of ether oxygens (including phenoxy) is 1. The summed E-state index contributed by atoms with van der Waals surface area (Å²) in [6.07, 6.45) is 0.591. The predicted octanol–water partition coefficient (Wildman–Crippen LogP) is 1.11. The SMILES string of the molecule is CCC[C@@H](NC(=O)OCc1ccc(NC)cc1)C(=O)NN. The summed E-state index contributed by atoms with van der Waals surface area (Å²) in [6, 6.07) is 6.81. The van der Waals surface area contributed by atoms with Crippen molar-refractivity contribution in [3.8, 4) is 0 Å². The third-order valence-corrected chi connectivity index (χ3v) is 2.94. The molecule has 0 fully saturated rings. The number of amides is 2. The predicted molar refractivity (Wildman–Crippen MR) is 80.3 cm³/mol. The summed E-state index contributed by atoms with van der Waals surface area (Å²) in [4.78, 5) is 23.1. The summed E-state index contributed by atoms with van der Waals surface area (Å²) in [5.74, 6) is 4.64. The normalized spacial score (nSPS) is 11.4. The molecule has 1 aromatic rings. The van der Waals surface area contributed by atoms with E-state index in [2.05, 4.69) is 10.6 Å². The molecule has 0 unspecified atom stereocenters. The molecule has 0 aliphatic carbocycles. The maximum absolute atomic E-state index is 11.7. The molecule has 7 nitrogen and oxygen atoms in total. The van der Waals surface area contributed by atoms with Gasteiger partial charge in [-0.3, -0.25) is 10.2 Å². The third kappa shape index (κ3) is 5.70. The van der Waals surface area contributed by atoms with Crippen molar-refractivity contribution in [2.75, 3.05) is 12.4 Å². The third-order valence-electron chi connectivity index (χ3n) is 2.94. The van der Waals surface area contributed by atoms with E-state index in [9.17, 15) is 9.59 Å². The fourth-order valence-corrected chi connectivity index (χ4v) is 1.76. The van der Waals surface area contributed by atoms with Gasteiger partial charge < -0.3 is 15.4 Å². The van der Waals surface area contributed by atoms with Crippen LogP contribution < -0.4 is 21.9 Å². The van der Waals surface area contributed by atoms with Crippen molar-refractivity contribution >= 4 is 17.7 Å². The van der Waals surface area contributed by atoms with Gasteiger partial charge in [0.25, 0.3) is 5.91 Å². The molecule has 0 aromatic heterocycles. The van der Waals surface area contributed by atoms with Gasteiger partial charge in [-0.25, -0.2) is 10.6 Å². The number of benzene rings is 1. The van der Waals surface area contributed by atoms with Crippen LogP contribution in [0.4, 0.5) is 10.5 Å². The van der Waals surface area contributed by atoms with E-state index in [4.69, 9.17) is 10.6 Å². The Morgan fingerprint density at radius 2 is 1.95 bits per heavy atom. The summed E-state index contributed by atoms with van der Waals surface area (Å²) in [6.45, 7) is 2.05. The zero-order valence-corrected chi connectivity index (χ0v) is 12.3. The molecule has 5 N–H and O–H groups in total. The molecular formula is C14H22N4O3. The second-order valence-corrected chi connectivity index (χ2v) is 4.52. The molecule has 1 aromatic carbocycles. The van der Waals surface area contributed by atoms with Gasteiger partial charge in [-0.05, 0) is 24.1 Å². The highest BCUT2D eigenvalue weighted by molar-refractivity contribution is 5.85. The van der Waals surface area contributed by atoms with E-state index in [-0.39, 0.29) is 6.61 Å². The van der Waals surface area contributed by atoms with Crippen molar-refractivity contribution in [1.29, 1.82) is 0 Å². The van der Waals surface area contributed by atoms with Crippen LogP contribution in [0.2, 0.25) is 0 Å². The standard InChI is InChI=1S/C14H22N4O3/c1-3-4-12(13(19)18-15)17-14(20)21-9-10-5-7-11(16-2)8-6-10/h5-8,12,16H,3-4,9,15H2,1-2H3,(H,17,20)(H,18,19)/t12-/m1/s1. The van der Waals surface area contributed by atoms with Gasteiger partial charge in [-0.15, -0.1) is 0 Å². The van der Waals surface area contributed by atoms with Crippen molar-refractivity contribution in [2.24, 2.45) is 5.84 Å². The average molecular weight is 294 g/mol. The Hall–Kier alpha value is -2.28. The summed E-state index contributed by atoms with van der Waals surface area (Å²) in [7, 11) is 1.83. The zero-order chi connectivity index (χ0) is 15.7. The summed E-state index contributed by atoms with van der Waals surface area (Å²) in [5, 5.41) is 5.50. The molecule has 21 heavy (non-hydrogen) atoms. The van der Waals surface area contributed by atoms with Crippen molar-refractivity contribution in [1.82, 2.24) is 10.7 Å². The van der Waals surface area contributed by atoms with Crippen LogP contribution in [0.25, 0.3) is 0 Å². The molecule has 0 spiro atoms. The number of rotatable bonds is 7. The lowest BCUT2D eigenvalue weighted by Gasteiger charge is -2.16. The maximum atomic E-state index is 11.7. The van der Waals surface area contributed by atoms with Crippen LogP contribution in [0.5, 0.6) is 0 Å². The summed E-state index contributed by atoms with van der Waals surface area (Å²) >= 11 is 0. The van der Waals surface area contributed by atoms with Crippen LogP contribution in [-0.4, -0.2) is 25.1 Å². The molecule has 1 rings (SSSR count). The van der Waals surface area contributed by atoms with Crippen molar-refractivity contribution < 1.29 is 14.3 Å². The summed E-state index contributed by atoms with van der Waals surface area (Å²) < 4.78 is 5.08. The minimum Gasteiger partial charge on any atom is -0.445 e. The van der Waals surface area contributed by atoms with E-state index >= 15 is 0 Å². The van der Waals surface area contributed by atoms with Gasteiger partial charge >= 0.3 is 6.09 Å². The number of carbonyl (C=O) groups excluding carboxylic acids is 2. The number of hydrogen-bond donors (Lipinski definition) is 4. The molecule has 2 amide bonds. The molecule has 0 aliphatic rings. The highest BCUT2D eigenvalue weighted by Gasteiger charge is 2.19. The van der Waals surface area contributed by atoms with E-state index in [1.54, 1.807) is 0 Å². The van der Waals surface area contributed by atoms with Crippen LogP contribution in [-0.2, 0) is 16.1 Å². The molecule has 7 heteroatoms. The zero-order valence-electron chi connectivity index (χ0n) is 12.3. The first-order valence-electron chi connectivity index (χ1n) is 6.81. The van der Waals surface area contributed by atoms with Gasteiger partial charge in [0, 0.05) is 12.7 Å². The van der Waals surface area contributed by atoms with Gasteiger partial charge in [0.1, 0.15) is 12.6 Å². The lowest BCUT2D eigenvalue weighted by Crippen LogP contribution is -2.48. The minimum atomic E-state index is -0.681. The van der Waals surface area contributed by atoms with Crippen LogP contribution in [0.3, 0.4) is 0 Å². The van der Waals surface area contributed by atoms with Crippen LogP contribution >= 0.6 is 0 Å². The van der Waals surface area contributed by atoms with E-state index in [1.807, 2.05) is 43.7 Å². The summed E-state index contributed by atoms with van der Waals surface area (Å²) in [5.41, 5.74) is 3.86. The first kappa shape index (κ1) is 16.8. The quantitative estimate of drug-likeness (QED) is 0.342. The second kappa shape index (κ2) is 8.80. The Bertz CT molecular complexity index is 462. The maximum Gasteiger partial charge on any atom is 0.408 e. The number of anilines is 1. The van der Waals surface area contributed by atoms with Gasteiger partial charge in [-0.1, -0.05) is 25.5 Å². The lowest BCUT2D eigenvalue weighted by atomic mass is 10.1. The number of hydrogen-bond acceptors (Lipinski definition) is 5. The van der Waals surface area contributed by atoms with E-state index in [1.165, 1.54) is 0 Å². The Balaban J connectivity index is 2.46. The van der Waals surface area contributed by atoms with Crippen LogP contribution in [0, 0.1) is 0 Å². The molecule has 0 saturated carbocycles. The lowest BCUT2D eigenvalue weighted by molar-refractivity contribution is -0.123. The first-order chi connectivity index (χ1) is 10.1. The smallest absolute Gasteiger partial charge is 0.408 e. The number of nitrogens with one attached hydrogen (secondary N) is 3. The molecule has 0 saturated heterocycles. The fourth-order valence-electron chi connectivity index (χ4n) is 1.76. The van der Waals surface area contributed by atoms with E-state index in [0.29, 0.717) is 6.42 Å². The number of carbonyl (C=O) groups is 2. The number of alkyl carbamates (subject to hydrolysis) is 1. The highest BCUT2D eigenvalue weighted by Crippen LogP contribution is 2.09. The largest absolute Gasteiger partial charge is 0.445 e. The molecule has 0 heterocycles. The fraction of sp³-hybridized carbons (Fsp3) is 0.429.